The SMILES string of the molecule is COc1cccc(C2=C(c3cccc(OC)c3)c3cc(C)ccc3C2=O)c1. The van der Waals surface area contributed by atoms with Crippen LogP contribution in [-0.4, -0.2) is 20.0 Å². The van der Waals surface area contributed by atoms with Crippen molar-refractivity contribution < 1.29 is 14.3 Å². The van der Waals surface area contributed by atoms with Gasteiger partial charge in [0.25, 0.3) is 0 Å². The lowest BCUT2D eigenvalue weighted by atomic mass is 9.93. The number of hydrogen-bond acceptors (Lipinski definition) is 3. The highest BCUT2D eigenvalue weighted by molar-refractivity contribution is 6.41. The van der Waals surface area contributed by atoms with E-state index in [0.29, 0.717) is 5.57 Å². The fourth-order valence-corrected chi connectivity index (χ4v) is 3.58. The monoisotopic (exact) mass is 356 g/mol. The van der Waals surface area contributed by atoms with E-state index >= 15 is 0 Å². The normalized spacial score (nSPS) is 12.9. The van der Waals surface area contributed by atoms with E-state index in [9.17, 15) is 4.79 Å². The van der Waals surface area contributed by atoms with Crippen molar-refractivity contribution >= 4 is 16.9 Å². The molecule has 134 valence electrons. The molecule has 0 fully saturated rings. The van der Waals surface area contributed by atoms with Crippen LogP contribution in [0.2, 0.25) is 0 Å². The number of fused-ring (bicyclic) bond motifs is 1. The predicted octanol–water partition coefficient (Wildman–Crippen LogP) is 5.17. The van der Waals surface area contributed by atoms with Gasteiger partial charge in [0.2, 0.25) is 0 Å². The number of carbonyl (C=O) groups is 1. The summed E-state index contributed by atoms with van der Waals surface area (Å²) in [6, 6.07) is 21.5. The predicted molar refractivity (Wildman–Crippen MR) is 107 cm³/mol. The maximum atomic E-state index is 13.3. The highest BCUT2D eigenvalue weighted by Gasteiger charge is 2.31. The van der Waals surface area contributed by atoms with Crippen molar-refractivity contribution in [2.45, 2.75) is 6.92 Å². The van der Waals surface area contributed by atoms with Gasteiger partial charge in [0.1, 0.15) is 11.5 Å². The lowest BCUT2D eigenvalue weighted by molar-refractivity contribution is 0.105. The lowest BCUT2D eigenvalue weighted by Crippen LogP contribution is -1.99. The molecule has 27 heavy (non-hydrogen) atoms. The molecule has 0 bridgehead atoms. The van der Waals surface area contributed by atoms with E-state index in [1.54, 1.807) is 14.2 Å². The summed E-state index contributed by atoms with van der Waals surface area (Å²) in [6.07, 6.45) is 0. The Morgan fingerprint density at radius 3 is 1.85 bits per heavy atom. The first kappa shape index (κ1) is 17.1. The van der Waals surface area contributed by atoms with Crippen molar-refractivity contribution in [2.24, 2.45) is 0 Å². The van der Waals surface area contributed by atoms with Gasteiger partial charge in [0.05, 0.1) is 14.2 Å². The zero-order chi connectivity index (χ0) is 19.0. The third-order valence-corrected chi connectivity index (χ3v) is 4.88. The Balaban J connectivity index is 2.03. The molecule has 1 aliphatic rings. The van der Waals surface area contributed by atoms with Gasteiger partial charge in [-0.15, -0.1) is 0 Å². The van der Waals surface area contributed by atoms with Crippen molar-refractivity contribution in [1.29, 1.82) is 0 Å². The number of ether oxygens (including phenoxy) is 2. The topological polar surface area (TPSA) is 35.5 Å². The molecule has 0 atom stereocenters. The molecule has 0 saturated heterocycles. The molecule has 3 aromatic carbocycles. The van der Waals surface area contributed by atoms with Gasteiger partial charge in [-0.3, -0.25) is 4.79 Å². The molecule has 0 aromatic heterocycles. The minimum Gasteiger partial charge on any atom is -0.497 e. The molecular weight excluding hydrogens is 336 g/mol. The van der Waals surface area contributed by atoms with Crippen LogP contribution < -0.4 is 9.47 Å². The molecule has 0 heterocycles. The fourth-order valence-electron chi connectivity index (χ4n) is 3.58. The fraction of sp³-hybridized carbons (Fsp3) is 0.125. The van der Waals surface area contributed by atoms with Crippen LogP contribution in [0.1, 0.15) is 32.6 Å². The zero-order valence-corrected chi connectivity index (χ0v) is 15.6. The van der Waals surface area contributed by atoms with E-state index in [1.807, 2.05) is 67.6 Å². The number of carbonyl (C=O) groups excluding carboxylic acids is 1. The first-order chi connectivity index (χ1) is 13.1. The number of hydrogen-bond donors (Lipinski definition) is 0. The quantitative estimate of drug-likeness (QED) is 0.647. The number of aryl methyl sites for hydroxylation is 1. The summed E-state index contributed by atoms with van der Waals surface area (Å²) >= 11 is 0. The van der Waals surface area contributed by atoms with Crippen LogP contribution in [-0.2, 0) is 0 Å². The van der Waals surface area contributed by atoms with Crippen molar-refractivity contribution in [3.8, 4) is 11.5 Å². The Bertz CT molecular complexity index is 1080. The Morgan fingerprint density at radius 1 is 0.667 bits per heavy atom. The minimum atomic E-state index is 0.0380. The van der Waals surface area contributed by atoms with Gasteiger partial charge >= 0.3 is 0 Å². The average molecular weight is 356 g/mol. The van der Waals surface area contributed by atoms with Crippen LogP contribution in [0.15, 0.2) is 66.7 Å². The molecule has 0 amide bonds. The maximum absolute atomic E-state index is 13.3. The summed E-state index contributed by atoms with van der Waals surface area (Å²) < 4.78 is 10.8. The maximum Gasteiger partial charge on any atom is 0.194 e. The molecule has 0 unspecified atom stereocenters. The highest BCUT2D eigenvalue weighted by Crippen LogP contribution is 2.43. The Kier molecular flexibility index (Phi) is 4.28. The van der Waals surface area contributed by atoms with Gasteiger partial charge in [-0.25, -0.2) is 0 Å². The number of allylic oxidation sites excluding steroid dienone is 1. The van der Waals surface area contributed by atoms with Crippen molar-refractivity contribution in [3.05, 3.63) is 94.5 Å². The molecule has 0 saturated carbocycles. The number of rotatable bonds is 4. The van der Waals surface area contributed by atoms with Crippen LogP contribution in [0, 0.1) is 6.92 Å². The minimum absolute atomic E-state index is 0.0380. The van der Waals surface area contributed by atoms with E-state index < -0.39 is 0 Å². The summed E-state index contributed by atoms with van der Waals surface area (Å²) in [5.74, 6) is 1.53. The molecule has 3 nitrogen and oxygen atoms in total. The Morgan fingerprint density at radius 2 is 1.26 bits per heavy atom. The van der Waals surface area contributed by atoms with Gasteiger partial charge in [-0.1, -0.05) is 48.0 Å². The molecule has 4 rings (SSSR count). The first-order valence-electron chi connectivity index (χ1n) is 8.81. The number of Topliss-reactive ketones (excluding diaryl/α,β-unsaturated/α-hetero) is 1. The summed E-state index contributed by atoms with van der Waals surface area (Å²) in [5.41, 5.74) is 6.26. The van der Waals surface area contributed by atoms with Crippen LogP contribution in [0.4, 0.5) is 0 Å². The van der Waals surface area contributed by atoms with E-state index in [1.165, 1.54) is 0 Å². The van der Waals surface area contributed by atoms with E-state index in [0.717, 1.165) is 44.9 Å². The average Bonchev–Trinajstić information content (AvgIpc) is 2.99. The van der Waals surface area contributed by atoms with Crippen molar-refractivity contribution in [2.75, 3.05) is 14.2 Å². The molecule has 0 spiro atoms. The summed E-state index contributed by atoms with van der Waals surface area (Å²) in [6.45, 7) is 2.04. The number of ketones is 1. The van der Waals surface area contributed by atoms with Crippen LogP contribution >= 0.6 is 0 Å². The third-order valence-electron chi connectivity index (χ3n) is 4.88. The van der Waals surface area contributed by atoms with Crippen LogP contribution in [0.25, 0.3) is 11.1 Å². The molecule has 1 aliphatic carbocycles. The van der Waals surface area contributed by atoms with Crippen LogP contribution in [0.5, 0.6) is 11.5 Å². The Labute approximate surface area is 158 Å². The second-order valence-electron chi connectivity index (χ2n) is 6.59. The van der Waals surface area contributed by atoms with Crippen molar-refractivity contribution in [1.82, 2.24) is 0 Å². The molecular formula is C24H20O3. The van der Waals surface area contributed by atoms with Crippen molar-refractivity contribution in [3.63, 3.8) is 0 Å². The molecule has 3 heteroatoms. The van der Waals surface area contributed by atoms with Gasteiger partial charge in [0.15, 0.2) is 5.78 Å². The molecule has 0 radical (unpaired) electrons. The van der Waals surface area contributed by atoms with E-state index in [-0.39, 0.29) is 5.78 Å². The third kappa shape index (κ3) is 2.91. The van der Waals surface area contributed by atoms with Crippen LogP contribution in [0.3, 0.4) is 0 Å². The summed E-state index contributed by atoms with van der Waals surface area (Å²) in [4.78, 5) is 13.3. The van der Waals surface area contributed by atoms with Gasteiger partial charge in [-0.05, 0) is 47.9 Å². The second-order valence-corrected chi connectivity index (χ2v) is 6.59. The first-order valence-corrected chi connectivity index (χ1v) is 8.81. The summed E-state index contributed by atoms with van der Waals surface area (Å²) in [7, 11) is 3.28. The lowest BCUT2D eigenvalue weighted by Gasteiger charge is -2.11. The smallest absolute Gasteiger partial charge is 0.194 e. The van der Waals surface area contributed by atoms with E-state index in [2.05, 4.69) is 6.07 Å². The van der Waals surface area contributed by atoms with Gasteiger partial charge < -0.3 is 9.47 Å². The highest BCUT2D eigenvalue weighted by atomic mass is 16.5. The second kappa shape index (κ2) is 6.76. The molecule has 3 aromatic rings. The largest absolute Gasteiger partial charge is 0.497 e. The summed E-state index contributed by atoms with van der Waals surface area (Å²) in [5, 5.41) is 0. The molecule has 0 N–H and O–H groups in total. The standard InChI is InChI=1S/C24H20O3/c1-15-10-11-20-21(12-15)22(16-6-4-8-18(13-16)26-2)23(24(20)25)17-7-5-9-19(14-17)27-3/h4-14H,1-3H3. The Hall–Kier alpha value is -3.33. The number of methoxy groups -OCH3 is 2. The van der Waals surface area contributed by atoms with E-state index in [4.69, 9.17) is 9.47 Å². The molecule has 0 aliphatic heterocycles. The van der Waals surface area contributed by atoms with Gasteiger partial charge in [-0.2, -0.15) is 0 Å². The van der Waals surface area contributed by atoms with Gasteiger partial charge in [0, 0.05) is 16.7 Å². The number of benzene rings is 3. The zero-order valence-electron chi connectivity index (χ0n) is 15.6.